The van der Waals surface area contributed by atoms with Crippen molar-refractivity contribution in [1.82, 2.24) is 4.90 Å². The highest BCUT2D eigenvalue weighted by Gasteiger charge is 2.26. The summed E-state index contributed by atoms with van der Waals surface area (Å²) < 4.78 is 23.7. The predicted octanol–water partition coefficient (Wildman–Crippen LogP) is 4.08. The van der Waals surface area contributed by atoms with E-state index < -0.39 is 15.7 Å². The van der Waals surface area contributed by atoms with Gasteiger partial charge in [0, 0.05) is 36.2 Å². The highest BCUT2D eigenvalue weighted by Crippen LogP contribution is 2.25. The van der Waals surface area contributed by atoms with Gasteiger partial charge < -0.3 is 10.2 Å². The van der Waals surface area contributed by atoms with Crippen LogP contribution in [0.25, 0.3) is 0 Å². The number of amides is 2. The Bertz CT molecular complexity index is 1110. The second kappa shape index (κ2) is 8.83. The predicted molar refractivity (Wildman–Crippen MR) is 122 cm³/mol. The summed E-state index contributed by atoms with van der Waals surface area (Å²) in [7, 11) is -3.43. The lowest BCUT2D eigenvalue weighted by atomic mass is 9.91. The molecule has 0 bridgehead atoms. The highest BCUT2D eigenvalue weighted by atomic mass is 32.2. The summed E-state index contributed by atoms with van der Waals surface area (Å²) in [6, 6.07) is 9.81. The van der Waals surface area contributed by atoms with Crippen LogP contribution in [-0.2, 0) is 9.84 Å². The molecule has 0 aromatic heterocycles. The second-order valence-corrected chi connectivity index (χ2v) is 10.9. The minimum Gasteiger partial charge on any atom is -0.338 e. The lowest BCUT2D eigenvalue weighted by Crippen LogP contribution is -2.42. The quantitative estimate of drug-likeness (QED) is 0.773. The molecule has 1 fully saturated rings. The van der Waals surface area contributed by atoms with Crippen LogP contribution in [0.3, 0.4) is 0 Å². The van der Waals surface area contributed by atoms with E-state index in [1.807, 2.05) is 17.9 Å². The van der Waals surface area contributed by atoms with Crippen LogP contribution in [0.2, 0.25) is 0 Å². The number of piperidine rings is 1. The molecule has 0 aliphatic carbocycles. The molecule has 1 aliphatic rings. The molecular weight excluding hydrogens is 412 g/mol. The van der Waals surface area contributed by atoms with Crippen molar-refractivity contribution in [3.05, 3.63) is 58.7 Å². The first-order chi connectivity index (χ1) is 14.5. The molecule has 0 saturated carbocycles. The summed E-state index contributed by atoms with van der Waals surface area (Å²) in [5.74, 6) is 0.477. The third kappa shape index (κ3) is 5.34. The Morgan fingerprint density at radius 2 is 1.58 bits per heavy atom. The van der Waals surface area contributed by atoms with Crippen molar-refractivity contribution in [2.45, 2.75) is 39.0 Å². The summed E-state index contributed by atoms with van der Waals surface area (Å²) in [6.07, 6.45) is 2.23. The van der Waals surface area contributed by atoms with Crippen molar-refractivity contribution < 1.29 is 18.0 Å². The van der Waals surface area contributed by atoms with Crippen LogP contribution in [0.4, 0.5) is 5.69 Å². The maximum atomic E-state index is 13.1. The fourth-order valence-corrected chi connectivity index (χ4v) is 4.81. The Balaban J connectivity index is 1.86. The van der Waals surface area contributed by atoms with E-state index in [1.54, 1.807) is 25.1 Å². The first-order valence-electron chi connectivity index (χ1n) is 10.5. The average Bonchev–Trinajstić information content (AvgIpc) is 2.67. The van der Waals surface area contributed by atoms with Gasteiger partial charge in [0.05, 0.1) is 4.90 Å². The zero-order chi connectivity index (χ0) is 22.9. The first-order valence-corrected chi connectivity index (χ1v) is 12.4. The number of hydrogen-bond donors (Lipinski definition) is 1. The third-order valence-corrected chi connectivity index (χ3v) is 6.88. The number of likely N-dealkylation sites (tertiary alicyclic amines) is 1. The number of sulfone groups is 1. The number of anilines is 1. The van der Waals surface area contributed by atoms with Gasteiger partial charge in [0.1, 0.15) is 0 Å². The molecular formula is C24H30N2O4S. The van der Waals surface area contributed by atoms with Crippen LogP contribution < -0.4 is 5.32 Å². The van der Waals surface area contributed by atoms with Gasteiger partial charge in [-0.05, 0) is 67.5 Å². The Hall–Kier alpha value is -2.67. The topological polar surface area (TPSA) is 83.6 Å². The van der Waals surface area contributed by atoms with Gasteiger partial charge in [-0.1, -0.05) is 26.0 Å². The molecule has 0 radical (unpaired) electrons. The maximum Gasteiger partial charge on any atom is 0.255 e. The van der Waals surface area contributed by atoms with Crippen molar-refractivity contribution in [1.29, 1.82) is 0 Å². The van der Waals surface area contributed by atoms with E-state index in [0.29, 0.717) is 28.7 Å². The van der Waals surface area contributed by atoms with Crippen LogP contribution >= 0.6 is 0 Å². The number of nitrogens with one attached hydrogen (secondary N) is 1. The largest absolute Gasteiger partial charge is 0.338 e. The van der Waals surface area contributed by atoms with Gasteiger partial charge in [0.25, 0.3) is 11.8 Å². The van der Waals surface area contributed by atoms with Gasteiger partial charge in [-0.25, -0.2) is 8.42 Å². The van der Waals surface area contributed by atoms with Crippen LogP contribution in [-0.4, -0.2) is 44.5 Å². The molecule has 1 aliphatic heterocycles. The van der Waals surface area contributed by atoms with Crippen molar-refractivity contribution >= 4 is 27.3 Å². The molecule has 1 heterocycles. The number of aryl methyl sites for hydroxylation is 2. The molecule has 0 spiro atoms. The number of rotatable bonds is 4. The molecule has 2 atom stereocenters. The van der Waals surface area contributed by atoms with E-state index in [2.05, 4.69) is 19.2 Å². The van der Waals surface area contributed by atoms with E-state index in [-0.39, 0.29) is 16.4 Å². The van der Waals surface area contributed by atoms with Gasteiger partial charge in [0.2, 0.25) is 0 Å². The van der Waals surface area contributed by atoms with Gasteiger partial charge in [-0.15, -0.1) is 0 Å². The van der Waals surface area contributed by atoms with E-state index in [0.717, 1.165) is 31.3 Å². The van der Waals surface area contributed by atoms with Gasteiger partial charge >= 0.3 is 0 Å². The molecule has 2 unspecified atom stereocenters. The number of hydrogen-bond acceptors (Lipinski definition) is 4. The van der Waals surface area contributed by atoms with Crippen LogP contribution in [0.5, 0.6) is 0 Å². The van der Waals surface area contributed by atoms with E-state index >= 15 is 0 Å². The molecule has 31 heavy (non-hydrogen) atoms. The Kier molecular flexibility index (Phi) is 6.55. The highest BCUT2D eigenvalue weighted by molar-refractivity contribution is 7.90. The smallest absolute Gasteiger partial charge is 0.255 e. The molecule has 2 aromatic rings. The van der Waals surface area contributed by atoms with Crippen molar-refractivity contribution in [3.63, 3.8) is 0 Å². The summed E-state index contributed by atoms with van der Waals surface area (Å²) in [6.45, 7) is 9.39. The van der Waals surface area contributed by atoms with Crippen molar-refractivity contribution in [2.75, 3.05) is 24.7 Å². The van der Waals surface area contributed by atoms with E-state index in [1.165, 1.54) is 12.1 Å². The summed E-state index contributed by atoms with van der Waals surface area (Å²) >= 11 is 0. The zero-order valence-electron chi connectivity index (χ0n) is 18.7. The van der Waals surface area contributed by atoms with Crippen LogP contribution in [0, 0.1) is 25.7 Å². The SMILES string of the molecule is Cc1ccc(C(=O)N2CC(C)CC(C)C2)cc1NC(=O)c1cc(S(C)(=O)=O)ccc1C. The average molecular weight is 443 g/mol. The lowest BCUT2D eigenvalue weighted by molar-refractivity contribution is 0.0623. The van der Waals surface area contributed by atoms with E-state index in [9.17, 15) is 18.0 Å². The molecule has 2 amide bonds. The Morgan fingerprint density at radius 1 is 0.968 bits per heavy atom. The maximum absolute atomic E-state index is 13.1. The molecule has 3 rings (SSSR count). The zero-order valence-corrected chi connectivity index (χ0v) is 19.5. The van der Waals surface area contributed by atoms with Crippen molar-refractivity contribution in [2.24, 2.45) is 11.8 Å². The second-order valence-electron chi connectivity index (χ2n) is 8.89. The number of nitrogens with zero attached hydrogens (tertiary/aromatic N) is 1. The van der Waals surface area contributed by atoms with Gasteiger partial charge in [-0.2, -0.15) is 0 Å². The fourth-order valence-electron chi connectivity index (χ4n) is 4.17. The van der Waals surface area contributed by atoms with Crippen LogP contribution in [0.15, 0.2) is 41.3 Å². The normalized spacial score (nSPS) is 19.2. The fraction of sp³-hybridized carbons (Fsp3) is 0.417. The molecule has 7 heteroatoms. The van der Waals surface area contributed by atoms with Gasteiger partial charge in [-0.3, -0.25) is 9.59 Å². The summed E-state index contributed by atoms with van der Waals surface area (Å²) in [5.41, 5.74) is 2.85. The first kappa shape index (κ1) is 23.0. The molecule has 6 nitrogen and oxygen atoms in total. The van der Waals surface area contributed by atoms with Gasteiger partial charge in [0.15, 0.2) is 9.84 Å². The standard InChI is InChI=1S/C24H30N2O4S/c1-15-10-16(2)14-26(13-15)24(28)19-8-6-18(4)22(11-19)25-23(27)21-12-20(31(5,29)30)9-7-17(21)3/h6-9,11-12,15-16H,10,13-14H2,1-5H3,(H,25,27). The Morgan fingerprint density at radius 3 is 2.19 bits per heavy atom. The molecule has 2 aromatic carbocycles. The molecule has 1 saturated heterocycles. The summed E-state index contributed by atoms with van der Waals surface area (Å²) in [4.78, 5) is 28.0. The molecule has 166 valence electrons. The van der Waals surface area contributed by atoms with E-state index in [4.69, 9.17) is 0 Å². The Labute approximate surface area is 184 Å². The number of carbonyl (C=O) groups is 2. The third-order valence-electron chi connectivity index (χ3n) is 5.77. The molecule has 1 N–H and O–H groups in total. The van der Waals surface area contributed by atoms with Crippen LogP contribution in [0.1, 0.15) is 52.1 Å². The lowest BCUT2D eigenvalue weighted by Gasteiger charge is -2.35. The number of carbonyl (C=O) groups excluding carboxylic acids is 2. The van der Waals surface area contributed by atoms with Crippen molar-refractivity contribution in [3.8, 4) is 0 Å². The minimum absolute atomic E-state index is 0.0378. The minimum atomic E-state index is -3.43. The monoisotopic (exact) mass is 442 g/mol. The summed E-state index contributed by atoms with van der Waals surface area (Å²) in [5, 5.41) is 2.86. The number of benzene rings is 2.